The topological polar surface area (TPSA) is 12.0 Å². The first-order valence-corrected chi connectivity index (χ1v) is 5.73. The average molecular weight is 252 g/mol. The largest absolute Gasteiger partial charge is 0.313 e. The Kier molecular flexibility index (Phi) is 3.04. The second-order valence-electron chi connectivity index (χ2n) is 3.64. The molecule has 1 nitrogen and oxygen atoms in total. The third-order valence-corrected chi connectivity index (χ3v) is 3.09. The minimum Gasteiger partial charge on any atom is -0.313 e. The van der Waals surface area contributed by atoms with E-state index >= 15 is 0 Å². The average Bonchev–Trinajstić information content (AvgIpc) is 2.19. The van der Waals surface area contributed by atoms with Crippen LogP contribution in [0, 0.1) is 6.92 Å². The lowest BCUT2D eigenvalue weighted by Crippen LogP contribution is -2.20. The molecule has 0 amide bonds. The molecule has 2 heteroatoms. The smallest absolute Gasteiger partial charge is 0.0178 e. The van der Waals surface area contributed by atoms with Crippen LogP contribution in [-0.4, -0.2) is 13.1 Å². The molecule has 0 aliphatic carbocycles. The van der Waals surface area contributed by atoms with Crippen LogP contribution in [0.15, 0.2) is 28.7 Å². The number of hydrogen-bond acceptors (Lipinski definition) is 1. The molecule has 2 rings (SSSR count). The summed E-state index contributed by atoms with van der Waals surface area (Å²) in [5, 5.41) is 3.33. The van der Waals surface area contributed by atoms with E-state index in [1.165, 1.54) is 16.7 Å². The van der Waals surface area contributed by atoms with Gasteiger partial charge in [-0.2, -0.15) is 0 Å². The first kappa shape index (κ1) is 9.94. The zero-order valence-electron chi connectivity index (χ0n) is 8.31. The lowest BCUT2D eigenvalue weighted by molar-refractivity contribution is 0.738. The summed E-state index contributed by atoms with van der Waals surface area (Å²) in [5.41, 5.74) is 4.23. The number of nitrogens with one attached hydrogen (secondary N) is 1. The van der Waals surface area contributed by atoms with Crippen molar-refractivity contribution >= 4 is 21.5 Å². The van der Waals surface area contributed by atoms with Gasteiger partial charge >= 0.3 is 0 Å². The van der Waals surface area contributed by atoms with Crippen molar-refractivity contribution in [3.63, 3.8) is 0 Å². The van der Waals surface area contributed by atoms with E-state index in [1.807, 2.05) is 0 Å². The van der Waals surface area contributed by atoms with Crippen molar-refractivity contribution in [2.24, 2.45) is 0 Å². The van der Waals surface area contributed by atoms with Gasteiger partial charge in [0.2, 0.25) is 0 Å². The van der Waals surface area contributed by atoms with Crippen molar-refractivity contribution in [3.05, 3.63) is 39.9 Å². The van der Waals surface area contributed by atoms with Crippen LogP contribution in [0.5, 0.6) is 0 Å². The summed E-state index contributed by atoms with van der Waals surface area (Å²) in [6.45, 7) is 4.27. The molecule has 1 heterocycles. The third kappa shape index (κ3) is 2.07. The molecule has 1 aliphatic heterocycles. The van der Waals surface area contributed by atoms with E-state index in [2.05, 4.69) is 52.4 Å². The monoisotopic (exact) mass is 251 g/mol. The molecule has 1 aliphatic rings. The van der Waals surface area contributed by atoms with Gasteiger partial charge in [0, 0.05) is 11.0 Å². The SMILES string of the molecule is Cc1cc(Br)ccc1C1=CCNCC1. The van der Waals surface area contributed by atoms with Crippen molar-refractivity contribution < 1.29 is 0 Å². The van der Waals surface area contributed by atoms with E-state index in [-0.39, 0.29) is 0 Å². The molecule has 0 atom stereocenters. The van der Waals surface area contributed by atoms with Crippen molar-refractivity contribution in [1.29, 1.82) is 0 Å². The minimum atomic E-state index is 1.00. The first-order valence-electron chi connectivity index (χ1n) is 4.93. The van der Waals surface area contributed by atoms with Crippen LogP contribution < -0.4 is 5.32 Å². The van der Waals surface area contributed by atoms with Crippen LogP contribution in [0.25, 0.3) is 5.57 Å². The highest BCUT2D eigenvalue weighted by Crippen LogP contribution is 2.25. The van der Waals surface area contributed by atoms with Crippen molar-refractivity contribution in [2.45, 2.75) is 13.3 Å². The maximum atomic E-state index is 3.49. The molecule has 14 heavy (non-hydrogen) atoms. The van der Waals surface area contributed by atoms with E-state index in [0.717, 1.165) is 24.0 Å². The molecule has 0 radical (unpaired) electrons. The number of benzene rings is 1. The zero-order chi connectivity index (χ0) is 9.97. The van der Waals surface area contributed by atoms with Crippen LogP contribution in [-0.2, 0) is 0 Å². The van der Waals surface area contributed by atoms with Gasteiger partial charge in [-0.15, -0.1) is 0 Å². The summed E-state index contributed by atoms with van der Waals surface area (Å²) >= 11 is 3.49. The first-order chi connectivity index (χ1) is 6.77. The maximum absolute atomic E-state index is 3.49. The van der Waals surface area contributed by atoms with Gasteiger partial charge in [-0.25, -0.2) is 0 Å². The normalized spacial score (nSPS) is 16.6. The Morgan fingerprint density at radius 3 is 2.86 bits per heavy atom. The summed E-state index contributed by atoms with van der Waals surface area (Å²) in [7, 11) is 0. The molecule has 0 saturated heterocycles. The van der Waals surface area contributed by atoms with E-state index in [1.54, 1.807) is 0 Å². The summed E-state index contributed by atoms with van der Waals surface area (Å²) in [6, 6.07) is 6.50. The van der Waals surface area contributed by atoms with Crippen LogP contribution >= 0.6 is 15.9 Å². The summed E-state index contributed by atoms with van der Waals surface area (Å²) in [6.07, 6.45) is 3.43. The highest BCUT2D eigenvalue weighted by molar-refractivity contribution is 9.10. The Morgan fingerprint density at radius 2 is 2.21 bits per heavy atom. The van der Waals surface area contributed by atoms with Crippen LogP contribution in [0.1, 0.15) is 17.5 Å². The molecule has 0 aromatic heterocycles. The molecular formula is C12H14BrN. The second-order valence-corrected chi connectivity index (χ2v) is 4.56. The van der Waals surface area contributed by atoms with Gasteiger partial charge in [0.05, 0.1) is 0 Å². The predicted molar refractivity (Wildman–Crippen MR) is 64.3 cm³/mol. The van der Waals surface area contributed by atoms with Crippen LogP contribution in [0.3, 0.4) is 0 Å². The number of aryl methyl sites for hydroxylation is 1. The Labute approximate surface area is 93.3 Å². The van der Waals surface area contributed by atoms with Gasteiger partial charge in [0.25, 0.3) is 0 Å². The van der Waals surface area contributed by atoms with Crippen molar-refractivity contribution in [3.8, 4) is 0 Å². The lowest BCUT2D eigenvalue weighted by Gasteiger charge is -2.16. The molecular weight excluding hydrogens is 238 g/mol. The second kappa shape index (κ2) is 4.28. The number of hydrogen-bond donors (Lipinski definition) is 1. The molecule has 0 saturated carbocycles. The van der Waals surface area contributed by atoms with E-state index in [0.29, 0.717) is 0 Å². The molecule has 1 N–H and O–H groups in total. The third-order valence-electron chi connectivity index (χ3n) is 2.60. The Hall–Kier alpha value is -0.600. The van der Waals surface area contributed by atoms with Gasteiger partial charge in [0.15, 0.2) is 0 Å². The number of halogens is 1. The summed E-state index contributed by atoms with van der Waals surface area (Å²) < 4.78 is 1.16. The summed E-state index contributed by atoms with van der Waals surface area (Å²) in [4.78, 5) is 0. The van der Waals surface area contributed by atoms with Crippen molar-refractivity contribution in [2.75, 3.05) is 13.1 Å². The maximum Gasteiger partial charge on any atom is 0.0178 e. The molecule has 1 aromatic rings. The van der Waals surface area contributed by atoms with Gasteiger partial charge in [-0.1, -0.05) is 28.1 Å². The molecule has 0 unspecified atom stereocenters. The van der Waals surface area contributed by atoms with Gasteiger partial charge in [0.1, 0.15) is 0 Å². The minimum absolute atomic E-state index is 1.00. The molecule has 74 valence electrons. The highest BCUT2D eigenvalue weighted by Gasteiger charge is 2.07. The predicted octanol–water partition coefficient (Wildman–Crippen LogP) is 3.13. The quantitative estimate of drug-likeness (QED) is 0.809. The molecule has 0 bridgehead atoms. The highest BCUT2D eigenvalue weighted by atomic mass is 79.9. The van der Waals surface area contributed by atoms with Gasteiger partial charge in [-0.3, -0.25) is 0 Å². The number of rotatable bonds is 1. The fourth-order valence-corrected chi connectivity index (χ4v) is 2.33. The standard InChI is InChI=1S/C12H14BrN/c1-9-8-11(13)2-3-12(9)10-4-6-14-7-5-10/h2-4,8,14H,5-7H2,1H3. The molecule has 0 spiro atoms. The van der Waals surface area contributed by atoms with E-state index in [4.69, 9.17) is 0 Å². The Morgan fingerprint density at radius 1 is 1.36 bits per heavy atom. The molecule has 0 fully saturated rings. The Bertz CT molecular complexity index is 369. The van der Waals surface area contributed by atoms with E-state index < -0.39 is 0 Å². The van der Waals surface area contributed by atoms with Crippen molar-refractivity contribution in [1.82, 2.24) is 5.32 Å². The zero-order valence-corrected chi connectivity index (χ0v) is 9.89. The summed E-state index contributed by atoms with van der Waals surface area (Å²) in [5.74, 6) is 0. The lowest BCUT2D eigenvalue weighted by atomic mass is 9.96. The van der Waals surface area contributed by atoms with Gasteiger partial charge in [-0.05, 0) is 48.7 Å². The van der Waals surface area contributed by atoms with E-state index in [9.17, 15) is 0 Å². The van der Waals surface area contributed by atoms with Crippen LogP contribution in [0.4, 0.5) is 0 Å². The Balaban J connectivity index is 2.35. The fourth-order valence-electron chi connectivity index (χ4n) is 1.85. The molecule has 1 aromatic carbocycles. The van der Waals surface area contributed by atoms with Gasteiger partial charge < -0.3 is 5.32 Å². The fraction of sp³-hybridized carbons (Fsp3) is 0.333. The van der Waals surface area contributed by atoms with Crippen LogP contribution in [0.2, 0.25) is 0 Å².